The Labute approximate surface area is 144 Å². The summed E-state index contributed by atoms with van der Waals surface area (Å²) in [7, 11) is 0. The van der Waals surface area contributed by atoms with Crippen LogP contribution in [0.4, 0.5) is 10.5 Å². The van der Waals surface area contributed by atoms with Crippen LogP contribution in [0, 0.1) is 0 Å². The van der Waals surface area contributed by atoms with Gasteiger partial charge in [0.25, 0.3) is 5.91 Å². The molecular formula is C19H17N3O3. The van der Waals surface area contributed by atoms with Gasteiger partial charge in [0.15, 0.2) is 6.61 Å². The predicted octanol–water partition coefficient (Wildman–Crippen LogP) is 3.07. The number of anilines is 1. The van der Waals surface area contributed by atoms with Gasteiger partial charge in [-0.25, -0.2) is 10.2 Å². The van der Waals surface area contributed by atoms with Crippen molar-refractivity contribution in [2.24, 2.45) is 0 Å². The third-order valence-corrected chi connectivity index (χ3v) is 3.44. The Morgan fingerprint density at radius 1 is 0.800 bits per heavy atom. The van der Waals surface area contributed by atoms with Gasteiger partial charge in [0.1, 0.15) is 5.75 Å². The fourth-order valence-electron chi connectivity index (χ4n) is 2.25. The summed E-state index contributed by atoms with van der Waals surface area (Å²) in [6.07, 6.45) is 0. The van der Waals surface area contributed by atoms with Gasteiger partial charge < -0.3 is 10.1 Å². The number of carbonyl (C=O) groups is 2. The van der Waals surface area contributed by atoms with Crippen LogP contribution in [0.1, 0.15) is 0 Å². The second-order valence-electron chi connectivity index (χ2n) is 5.29. The van der Waals surface area contributed by atoms with E-state index in [2.05, 4.69) is 16.2 Å². The van der Waals surface area contributed by atoms with Crippen LogP contribution in [-0.4, -0.2) is 18.5 Å². The molecule has 6 nitrogen and oxygen atoms in total. The molecule has 3 amide bonds. The van der Waals surface area contributed by atoms with Crippen LogP contribution in [-0.2, 0) is 4.79 Å². The van der Waals surface area contributed by atoms with E-state index >= 15 is 0 Å². The summed E-state index contributed by atoms with van der Waals surface area (Å²) < 4.78 is 5.44. The molecule has 0 radical (unpaired) electrons. The van der Waals surface area contributed by atoms with Crippen molar-refractivity contribution in [2.75, 3.05) is 11.9 Å². The van der Waals surface area contributed by atoms with Gasteiger partial charge in [-0.3, -0.25) is 10.2 Å². The van der Waals surface area contributed by atoms with Crippen LogP contribution >= 0.6 is 0 Å². The summed E-state index contributed by atoms with van der Waals surface area (Å²) in [6.45, 7) is -0.204. The zero-order chi connectivity index (χ0) is 17.5. The van der Waals surface area contributed by atoms with Gasteiger partial charge in [-0.2, -0.15) is 0 Å². The van der Waals surface area contributed by atoms with E-state index in [1.165, 1.54) is 0 Å². The number of rotatable bonds is 4. The maximum atomic E-state index is 11.8. The number of hydrogen-bond donors (Lipinski definition) is 3. The molecule has 3 N–H and O–H groups in total. The highest BCUT2D eigenvalue weighted by Gasteiger charge is 2.06. The Bertz CT molecular complexity index is 881. The molecule has 0 bridgehead atoms. The first-order valence-corrected chi connectivity index (χ1v) is 7.73. The SMILES string of the molecule is O=C(COc1ccc2ccccc2c1)NNC(=O)Nc1ccccc1. The van der Waals surface area contributed by atoms with E-state index in [9.17, 15) is 9.59 Å². The number of urea groups is 1. The maximum absolute atomic E-state index is 11.8. The van der Waals surface area contributed by atoms with Gasteiger partial charge in [-0.1, -0.05) is 48.5 Å². The van der Waals surface area contributed by atoms with Crippen molar-refractivity contribution < 1.29 is 14.3 Å². The van der Waals surface area contributed by atoms with E-state index in [0.717, 1.165) is 10.8 Å². The fourth-order valence-corrected chi connectivity index (χ4v) is 2.25. The summed E-state index contributed by atoms with van der Waals surface area (Å²) in [5.74, 6) is 0.124. The zero-order valence-corrected chi connectivity index (χ0v) is 13.4. The highest BCUT2D eigenvalue weighted by atomic mass is 16.5. The lowest BCUT2D eigenvalue weighted by molar-refractivity contribution is -0.123. The smallest absolute Gasteiger partial charge is 0.337 e. The average molecular weight is 335 g/mol. The van der Waals surface area contributed by atoms with E-state index in [0.29, 0.717) is 11.4 Å². The number of hydrogen-bond acceptors (Lipinski definition) is 3. The van der Waals surface area contributed by atoms with Crippen LogP contribution in [0.5, 0.6) is 5.75 Å². The Morgan fingerprint density at radius 3 is 2.32 bits per heavy atom. The second kappa shape index (κ2) is 7.83. The van der Waals surface area contributed by atoms with Gasteiger partial charge in [0.05, 0.1) is 0 Å². The molecule has 0 aromatic heterocycles. The van der Waals surface area contributed by atoms with Crippen molar-refractivity contribution >= 4 is 28.4 Å². The first-order chi connectivity index (χ1) is 12.2. The van der Waals surface area contributed by atoms with Crippen LogP contribution in [0.3, 0.4) is 0 Å². The Hall–Kier alpha value is -3.54. The minimum absolute atomic E-state index is 0.204. The van der Waals surface area contributed by atoms with Gasteiger partial charge in [-0.15, -0.1) is 0 Å². The Kier molecular flexibility index (Phi) is 5.11. The second-order valence-corrected chi connectivity index (χ2v) is 5.29. The third-order valence-electron chi connectivity index (χ3n) is 3.44. The van der Waals surface area contributed by atoms with E-state index in [4.69, 9.17) is 4.74 Å². The number of para-hydroxylation sites is 1. The largest absolute Gasteiger partial charge is 0.484 e. The first kappa shape index (κ1) is 16.3. The van der Waals surface area contributed by atoms with Crippen molar-refractivity contribution in [3.63, 3.8) is 0 Å². The monoisotopic (exact) mass is 335 g/mol. The number of benzene rings is 3. The topological polar surface area (TPSA) is 79.5 Å². The molecule has 0 saturated carbocycles. The number of hydrazine groups is 1. The van der Waals surface area contributed by atoms with E-state index < -0.39 is 11.9 Å². The molecular weight excluding hydrogens is 318 g/mol. The lowest BCUT2D eigenvalue weighted by Crippen LogP contribution is -2.45. The lowest BCUT2D eigenvalue weighted by atomic mass is 10.1. The molecule has 0 spiro atoms. The molecule has 0 fully saturated rings. The number of nitrogens with one attached hydrogen (secondary N) is 3. The number of fused-ring (bicyclic) bond motifs is 1. The minimum atomic E-state index is -0.537. The molecule has 3 aromatic carbocycles. The van der Waals surface area contributed by atoms with Crippen LogP contribution in [0.25, 0.3) is 10.8 Å². The highest BCUT2D eigenvalue weighted by Crippen LogP contribution is 2.20. The summed E-state index contributed by atoms with van der Waals surface area (Å²) in [6, 6.07) is 21.8. The standard InChI is InChI=1S/C19H17N3O3/c23-18(21-22-19(24)20-16-8-2-1-3-9-16)13-25-17-11-10-14-6-4-5-7-15(14)12-17/h1-12H,13H2,(H,21,23)(H2,20,22,24). The van der Waals surface area contributed by atoms with Crippen LogP contribution in [0.2, 0.25) is 0 Å². The molecule has 25 heavy (non-hydrogen) atoms. The van der Waals surface area contributed by atoms with Gasteiger partial charge >= 0.3 is 6.03 Å². The van der Waals surface area contributed by atoms with Gasteiger partial charge in [0.2, 0.25) is 0 Å². The summed E-state index contributed by atoms with van der Waals surface area (Å²) in [4.78, 5) is 23.4. The molecule has 0 aliphatic heterocycles. The molecule has 126 valence electrons. The van der Waals surface area contributed by atoms with E-state index in [1.54, 1.807) is 30.3 Å². The summed E-state index contributed by atoms with van der Waals surface area (Å²) in [5, 5.41) is 4.71. The zero-order valence-electron chi connectivity index (χ0n) is 13.4. The van der Waals surface area contributed by atoms with Crippen LogP contribution < -0.4 is 20.9 Å². The molecule has 0 aliphatic carbocycles. The number of carbonyl (C=O) groups excluding carboxylic acids is 2. The van der Waals surface area contributed by atoms with Crippen molar-refractivity contribution in [3.05, 3.63) is 72.8 Å². The third kappa shape index (κ3) is 4.71. The molecule has 3 aromatic rings. The molecule has 3 rings (SSSR count). The molecule has 0 saturated heterocycles. The van der Waals surface area contributed by atoms with Crippen molar-refractivity contribution in [1.82, 2.24) is 10.9 Å². The summed E-state index contributed by atoms with van der Waals surface area (Å²) >= 11 is 0. The molecule has 0 unspecified atom stereocenters. The molecule has 6 heteroatoms. The molecule has 0 atom stereocenters. The van der Waals surface area contributed by atoms with Crippen molar-refractivity contribution in [2.45, 2.75) is 0 Å². The van der Waals surface area contributed by atoms with Crippen LogP contribution in [0.15, 0.2) is 72.8 Å². The van der Waals surface area contributed by atoms with E-state index in [-0.39, 0.29) is 6.61 Å². The van der Waals surface area contributed by atoms with Crippen molar-refractivity contribution in [1.29, 1.82) is 0 Å². The average Bonchev–Trinajstić information content (AvgIpc) is 2.65. The van der Waals surface area contributed by atoms with Crippen molar-refractivity contribution in [3.8, 4) is 5.75 Å². The summed E-state index contributed by atoms with van der Waals surface area (Å²) in [5.41, 5.74) is 5.18. The normalized spacial score (nSPS) is 10.1. The quantitative estimate of drug-likeness (QED) is 0.641. The number of ether oxygens (including phenoxy) is 1. The highest BCUT2D eigenvalue weighted by molar-refractivity contribution is 5.91. The first-order valence-electron chi connectivity index (χ1n) is 7.73. The predicted molar refractivity (Wildman–Crippen MR) is 96.2 cm³/mol. The van der Waals surface area contributed by atoms with Gasteiger partial charge in [-0.05, 0) is 35.0 Å². The van der Waals surface area contributed by atoms with Gasteiger partial charge in [0, 0.05) is 5.69 Å². The van der Waals surface area contributed by atoms with E-state index in [1.807, 2.05) is 42.5 Å². The molecule has 0 heterocycles. The minimum Gasteiger partial charge on any atom is -0.484 e. The Balaban J connectivity index is 1.45. The molecule has 0 aliphatic rings. The lowest BCUT2D eigenvalue weighted by Gasteiger charge is -2.10. The number of amides is 3. The Morgan fingerprint density at radius 2 is 1.52 bits per heavy atom. The fraction of sp³-hybridized carbons (Fsp3) is 0.0526. The maximum Gasteiger partial charge on any atom is 0.337 e.